The van der Waals surface area contributed by atoms with Crippen LogP contribution >= 0.6 is 0 Å². The van der Waals surface area contributed by atoms with E-state index >= 15 is 0 Å². The van der Waals surface area contributed by atoms with Gasteiger partial charge in [-0.25, -0.2) is 0 Å². The summed E-state index contributed by atoms with van der Waals surface area (Å²) in [5.41, 5.74) is 7.14. The van der Waals surface area contributed by atoms with Crippen molar-refractivity contribution >= 4 is 17.3 Å². The third-order valence-corrected chi connectivity index (χ3v) is 3.79. The highest BCUT2D eigenvalue weighted by atomic mass is 16.5. The van der Waals surface area contributed by atoms with E-state index in [2.05, 4.69) is 10.2 Å². The first-order valence-electron chi connectivity index (χ1n) is 7.56. The van der Waals surface area contributed by atoms with Gasteiger partial charge in [0, 0.05) is 24.5 Å². The predicted molar refractivity (Wildman–Crippen MR) is 85.6 cm³/mol. The van der Waals surface area contributed by atoms with Crippen molar-refractivity contribution in [2.45, 2.75) is 32.2 Å². The van der Waals surface area contributed by atoms with Gasteiger partial charge in [-0.2, -0.15) is 0 Å². The van der Waals surface area contributed by atoms with E-state index in [9.17, 15) is 4.79 Å². The molecule has 1 unspecified atom stereocenters. The Bertz CT molecular complexity index is 465. The van der Waals surface area contributed by atoms with Crippen molar-refractivity contribution in [3.05, 3.63) is 24.3 Å². The molecule has 1 aromatic rings. The SMILES string of the molecule is CCCC(C)(N)C(=O)Nc1ccc(N2CCOCC2)cc1. The van der Waals surface area contributed by atoms with Gasteiger partial charge in [0.2, 0.25) is 5.91 Å². The fourth-order valence-electron chi connectivity index (χ4n) is 2.48. The first-order valence-corrected chi connectivity index (χ1v) is 7.56. The van der Waals surface area contributed by atoms with Crippen molar-refractivity contribution in [2.24, 2.45) is 5.73 Å². The zero-order chi connectivity index (χ0) is 15.3. The Kier molecular flexibility index (Phi) is 5.20. The van der Waals surface area contributed by atoms with Gasteiger partial charge >= 0.3 is 0 Å². The van der Waals surface area contributed by atoms with Gasteiger partial charge < -0.3 is 20.7 Å². The molecule has 3 N–H and O–H groups in total. The summed E-state index contributed by atoms with van der Waals surface area (Å²) in [7, 11) is 0. The molecule has 1 heterocycles. The van der Waals surface area contributed by atoms with Gasteiger partial charge in [0.25, 0.3) is 0 Å². The molecule has 1 aliphatic heterocycles. The number of rotatable bonds is 5. The van der Waals surface area contributed by atoms with Crippen LogP contribution < -0.4 is 16.0 Å². The molecule has 116 valence electrons. The smallest absolute Gasteiger partial charge is 0.244 e. The van der Waals surface area contributed by atoms with Crippen LogP contribution in [0.2, 0.25) is 0 Å². The Balaban J connectivity index is 1.97. The van der Waals surface area contributed by atoms with Crippen LogP contribution in [0.25, 0.3) is 0 Å². The maximum atomic E-state index is 12.1. The standard InChI is InChI=1S/C16H25N3O2/c1-3-8-16(2,17)15(20)18-13-4-6-14(7-5-13)19-9-11-21-12-10-19/h4-7H,3,8-12,17H2,1-2H3,(H,18,20). The molecule has 0 bridgehead atoms. The van der Waals surface area contributed by atoms with Crippen LogP contribution in [0.5, 0.6) is 0 Å². The van der Waals surface area contributed by atoms with E-state index in [1.165, 1.54) is 0 Å². The minimum absolute atomic E-state index is 0.136. The summed E-state index contributed by atoms with van der Waals surface area (Å²) in [5, 5.41) is 2.89. The number of carbonyl (C=O) groups is 1. The molecule has 1 fully saturated rings. The third-order valence-electron chi connectivity index (χ3n) is 3.79. The van der Waals surface area contributed by atoms with Gasteiger partial charge in [0.15, 0.2) is 0 Å². The van der Waals surface area contributed by atoms with E-state index in [1.807, 2.05) is 31.2 Å². The molecule has 2 rings (SSSR count). The highest BCUT2D eigenvalue weighted by Crippen LogP contribution is 2.20. The molecular formula is C16H25N3O2. The largest absolute Gasteiger partial charge is 0.378 e. The lowest BCUT2D eigenvalue weighted by atomic mass is 9.96. The van der Waals surface area contributed by atoms with Gasteiger partial charge in [-0.15, -0.1) is 0 Å². The highest BCUT2D eigenvalue weighted by Gasteiger charge is 2.27. The normalized spacial score (nSPS) is 18.1. The van der Waals surface area contributed by atoms with Crippen molar-refractivity contribution in [3.63, 3.8) is 0 Å². The number of nitrogens with one attached hydrogen (secondary N) is 1. The number of nitrogens with zero attached hydrogens (tertiary/aromatic N) is 1. The summed E-state index contributed by atoms with van der Waals surface area (Å²) >= 11 is 0. The number of nitrogens with two attached hydrogens (primary N) is 1. The molecule has 1 aromatic carbocycles. The Hall–Kier alpha value is -1.59. The van der Waals surface area contributed by atoms with Crippen molar-refractivity contribution in [2.75, 3.05) is 36.5 Å². The van der Waals surface area contributed by atoms with Gasteiger partial charge in [-0.05, 0) is 37.6 Å². The molecule has 1 atom stereocenters. The van der Waals surface area contributed by atoms with Crippen LogP contribution in [-0.4, -0.2) is 37.7 Å². The number of anilines is 2. The minimum atomic E-state index is -0.822. The van der Waals surface area contributed by atoms with Crippen LogP contribution in [0, 0.1) is 0 Å². The van der Waals surface area contributed by atoms with Crippen molar-refractivity contribution in [1.82, 2.24) is 0 Å². The first-order chi connectivity index (χ1) is 10.0. The van der Waals surface area contributed by atoms with Crippen LogP contribution in [-0.2, 0) is 9.53 Å². The Morgan fingerprint density at radius 1 is 1.33 bits per heavy atom. The summed E-state index contributed by atoms with van der Waals surface area (Å²) in [6.07, 6.45) is 1.56. The maximum Gasteiger partial charge on any atom is 0.244 e. The summed E-state index contributed by atoms with van der Waals surface area (Å²) < 4.78 is 5.35. The number of ether oxygens (including phenoxy) is 1. The summed E-state index contributed by atoms with van der Waals surface area (Å²) in [4.78, 5) is 14.4. The topological polar surface area (TPSA) is 67.6 Å². The Labute approximate surface area is 126 Å². The number of morpholine rings is 1. The zero-order valence-corrected chi connectivity index (χ0v) is 12.9. The van der Waals surface area contributed by atoms with E-state index < -0.39 is 5.54 Å². The fourth-order valence-corrected chi connectivity index (χ4v) is 2.48. The van der Waals surface area contributed by atoms with Gasteiger partial charge in [-0.3, -0.25) is 4.79 Å². The van der Waals surface area contributed by atoms with E-state index in [0.717, 1.165) is 44.1 Å². The lowest BCUT2D eigenvalue weighted by molar-refractivity contribution is -0.120. The van der Waals surface area contributed by atoms with Crippen molar-refractivity contribution in [1.29, 1.82) is 0 Å². The molecule has 1 saturated heterocycles. The van der Waals surface area contributed by atoms with E-state index in [4.69, 9.17) is 10.5 Å². The number of hydrogen-bond acceptors (Lipinski definition) is 4. The van der Waals surface area contributed by atoms with Crippen molar-refractivity contribution in [3.8, 4) is 0 Å². The van der Waals surface area contributed by atoms with Gasteiger partial charge in [-0.1, -0.05) is 13.3 Å². The highest BCUT2D eigenvalue weighted by molar-refractivity contribution is 5.97. The minimum Gasteiger partial charge on any atom is -0.378 e. The number of benzene rings is 1. The lowest BCUT2D eigenvalue weighted by Gasteiger charge is -2.29. The summed E-state index contributed by atoms with van der Waals surface area (Å²) in [6.45, 7) is 7.14. The van der Waals surface area contributed by atoms with Crippen LogP contribution in [0.1, 0.15) is 26.7 Å². The predicted octanol–water partition coefficient (Wildman–Crippen LogP) is 1.98. The van der Waals surface area contributed by atoms with Crippen molar-refractivity contribution < 1.29 is 9.53 Å². The third kappa shape index (κ3) is 4.19. The number of amides is 1. The molecule has 21 heavy (non-hydrogen) atoms. The lowest BCUT2D eigenvalue weighted by Crippen LogP contribution is -2.48. The van der Waals surface area contributed by atoms with Crippen LogP contribution in [0.15, 0.2) is 24.3 Å². The van der Waals surface area contributed by atoms with Gasteiger partial charge in [0.05, 0.1) is 18.8 Å². The van der Waals surface area contributed by atoms with Crippen LogP contribution in [0.4, 0.5) is 11.4 Å². The molecule has 5 nitrogen and oxygen atoms in total. The number of hydrogen-bond donors (Lipinski definition) is 2. The number of carbonyl (C=O) groups excluding carboxylic acids is 1. The molecule has 1 amide bonds. The monoisotopic (exact) mass is 291 g/mol. The Morgan fingerprint density at radius 3 is 2.52 bits per heavy atom. The van der Waals surface area contributed by atoms with Gasteiger partial charge in [0.1, 0.15) is 0 Å². The van der Waals surface area contributed by atoms with E-state index in [0.29, 0.717) is 6.42 Å². The molecule has 0 aliphatic carbocycles. The quantitative estimate of drug-likeness (QED) is 0.870. The second-order valence-electron chi connectivity index (χ2n) is 5.77. The molecule has 0 radical (unpaired) electrons. The second kappa shape index (κ2) is 6.91. The molecule has 0 aromatic heterocycles. The van der Waals surface area contributed by atoms with E-state index in [1.54, 1.807) is 6.92 Å². The Morgan fingerprint density at radius 2 is 1.95 bits per heavy atom. The summed E-state index contributed by atoms with van der Waals surface area (Å²) in [5.74, 6) is -0.136. The fraction of sp³-hybridized carbons (Fsp3) is 0.562. The average molecular weight is 291 g/mol. The molecular weight excluding hydrogens is 266 g/mol. The summed E-state index contributed by atoms with van der Waals surface area (Å²) in [6, 6.07) is 7.89. The first kappa shape index (κ1) is 15.8. The zero-order valence-electron chi connectivity index (χ0n) is 12.9. The van der Waals surface area contributed by atoms with Crippen LogP contribution in [0.3, 0.4) is 0 Å². The molecule has 0 saturated carbocycles. The maximum absolute atomic E-state index is 12.1. The molecule has 0 spiro atoms. The average Bonchev–Trinajstić information content (AvgIpc) is 2.49. The molecule has 1 aliphatic rings. The second-order valence-corrected chi connectivity index (χ2v) is 5.77. The molecule has 5 heteroatoms. The van der Waals surface area contributed by atoms with E-state index in [-0.39, 0.29) is 5.91 Å².